The molecule has 0 saturated carbocycles. The topological polar surface area (TPSA) is 59.4 Å². The number of likely N-dealkylation sites (tertiary alicyclic amines) is 1. The number of methoxy groups -OCH3 is 1. The third-order valence-corrected chi connectivity index (χ3v) is 5.95. The molecule has 2 heterocycles. The normalized spacial score (nSPS) is 14.4. The molecule has 1 aromatic heterocycles. The highest BCUT2D eigenvalue weighted by molar-refractivity contribution is 6.31. The number of aromatic nitrogens is 2. The highest BCUT2D eigenvalue weighted by Crippen LogP contribution is 2.23. The lowest BCUT2D eigenvalue weighted by atomic mass is 10.1. The average Bonchev–Trinajstić information content (AvgIpc) is 2.78. The maximum atomic E-state index is 13.4. The molecule has 7 heteroatoms. The second kappa shape index (κ2) is 8.74. The van der Waals surface area contributed by atoms with Gasteiger partial charge in [0.05, 0.1) is 22.7 Å². The van der Waals surface area contributed by atoms with Gasteiger partial charge in [-0.05, 0) is 48.0 Å². The molecule has 3 aromatic carbocycles. The van der Waals surface area contributed by atoms with Crippen LogP contribution in [0.5, 0.6) is 0 Å². The van der Waals surface area contributed by atoms with Crippen molar-refractivity contribution < 1.29 is 4.74 Å². The Morgan fingerprint density at radius 2 is 1.81 bits per heavy atom. The van der Waals surface area contributed by atoms with Gasteiger partial charge in [-0.3, -0.25) is 9.69 Å². The van der Waals surface area contributed by atoms with Crippen LogP contribution in [0.4, 0.5) is 11.6 Å². The number of hydrogen-bond acceptors (Lipinski definition) is 5. The summed E-state index contributed by atoms with van der Waals surface area (Å²) in [5.41, 5.74) is 3.24. The number of fused-ring (bicyclic) bond motifs is 1. The number of para-hydroxylation sites is 1. The highest BCUT2D eigenvalue weighted by Gasteiger charge is 2.25. The molecule has 1 saturated heterocycles. The van der Waals surface area contributed by atoms with E-state index in [1.165, 1.54) is 5.56 Å². The second-order valence-electron chi connectivity index (χ2n) is 7.95. The first kappa shape index (κ1) is 20.7. The maximum absolute atomic E-state index is 13.4. The summed E-state index contributed by atoms with van der Waals surface area (Å²) in [4.78, 5) is 20.4. The zero-order valence-corrected chi connectivity index (χ0v) is 18.4. The summed E-state index contributed by atoms with van der Waals surface area (Å²) in [6, 6.07) is 22.8. The molecular formula is C25H23ClN4O2. The van der Waals surface area contributed by atoms with E-state index in [-0.39, 0.29) is 5.56 Å². The molecule has 1 aliphatic heterocycles. The Balaban J connectivity index is 1.47. The van der Waals surface area contributed by atoms with E-state index in [1.807, 2.05) is 42.5 Å². The quantitative estimate of drug-likeness (QED) is 0.468. The van der Waals surface area contributed by atoms with Crippen molar-refractivity contribution in [3.05, 3.63) is 93.7 Å². The van der Waals surface area contributed by atoms with Crippen LogP contribution in [0.1, 0.15) is 5.56 Å². The summed E-state index contributed by atoms with van der Waals surface area (Å²) in [5, 5.41) is 4.31. The van der Waals surface area contributed by atoms with Crippen LogP contribution >= 0.6 is 11.6 Å². The molecule has 0 bridgehead atoms. The number of nitrogens with one attached hydrogen (secondary N) is 1. The first-order valence-electron chi connectivity index (χ1n) is 10.5. The molecule has 0 aliphatic carbocycles. The van der Waals surface area contributed by atoms with Gasteiger partial charge in [0.25, 0.3) is 5.56 Å². The Morgan fingerprint density at radius 1 is 1.06 bits per heavy atom. The Labute approximate surface area is 191 Å². The minimum absolute atomic E-state index is 0.173. The number of halogens is 1. The molecule has 1 N–H and O–H groups in total. The van der Waals surface area contributed by atoms with Crippen molar-refractivity contribution >= 4 is 34.1 Å². The van der Waals surface area contributed by atoms with Gasteiger partial charge in [-0.1, -0.05) is 41.9 Å². The summed E-state index contributed by atoms with van der Waals surface area (Å²) >= 11 is 6.14. The lowest BCUT2D eigenvalue weighted by Crippen LogP contribution is -2.50. The predicted molar refractivity (Wildman–Crippen MR) is 128 cm³/mol. The molecule has 1 aliphatic rings. The summed E-state index contributed by atoms with van der Waals surface area (Å²) < 4.78 is 6.92. The van der Waals surface area contributed by atoms with Crippen molar-refractivity contribution in [2.75, 3.05) is 25.5 Å². The fourth-order valence-electron chi connectivity index (χ4n) is 3.94. The van der Waals surface area contributed by atoms with Gasteiger partial charge in [-0.2, -0.15) is 0 Å². The first-order chi connectivity index (χ1) is 15.6. The van der Waals surface area contributed by atoms with Crippen LogP contribution in [0.15, 0.2) is 77.6 Å². The fourth-order valence-corrected chi connectivity index (χ4v) is 4.11. The molecule has 0 spiro atoms. The minimum Gasteiger partial charge on any atom is -0.379 e. The van der Waals surface area contributed by atoms with Crippen LogP contribution in [-0.2, 0) is 11.3 Å². The van der Waals surface area contributed by atoms with E-state index in [4.69, 9.17) is 21.3 Å². The molecule has 6 nitrogen and oxygen atoms in total. The lowest BCUT2D eigenvalue weighted by Gasteiger charge is -2.38. The van der Waals surface area contributed by atoms with E-state index in [0.29, 0.717) is 28.0 Å². The van der Waals surface area contributed by atoms with Crippen molar-refractivity contribution in [2.45, 2.75) is 12.6 Å². The summed E-state index contributed by atoms with van der Waals surface area (Å²) in [6.07, 6.45) is 0.347. The van der Waals surface area contributed by atoms with Crippen molar-refractivity contribution in [3.8, 4) is 5.69 Å². The number of benzene rings is 3. The predicted octanol–water partition coefficient (Wildman–Crippen LogP) is 4.61. The molecule has 1 fully saturated rings. The lowest BCUT2D eigenvalue weighted by molar-refractivity contribution is -0.0333. The monoisotopic (exact) mass is 446 g/mol. The van der Waals surface area contributed by atoms with Gasteiger partial charge < -0.3 is 10.1 Å². The summed E-state index contributed by atoms with van der Waals surface area (Å²) in [6.45, 7) is 2.82. The van der Waals surface area contributed by atoms with Crippen LogP contribution < -0.4 is 10.9 Å². The molecule has 0 amide bonds. The number of ether oxygens (including phenoxy) is 1. The van der Waals surface area contributed by atoms with Gasteiger partial charge in [-0.25, -0.2) is 9.55 Å². The molecule has 162 valence electrons. The van der Waals surface area contributed by atoms with Crippen LogP contribution in [0.3, 0.4) is 0 Å². The molecule has 0 unspecified atom stereocenters. The third-order valence-electron chi connectivity index (χ3n) is 5.72. The highest BCUT2D eigenvalue weighted by atomic mass is 35.5. The minimum atomic E-state index is -0.173. The fraction of sp³-hybridized carbons (Fsp3) is 0.200. The van der Waals surface area contributed by atoms with Crippen LogP contribution in [0.2, 0.25) is 5.02 Å². The Morgan fingerprint density at radius 3 is 2.53 bits per heavy atom. The van der Waals surface area contributed by atoms with Gasteiger partial charge in [0.15, 0.2) is 0 Å². The largest absolute Gasteiger partial charge is 0.379 e. The molecular weight excluding hydrogens is 424 g/mol. The van der Waals surface area contributed by atoms with Crippen molar-refractivity contribution in [2.24, 2.45) is 0 Å². The number of rotatable bonds is 6. The Kier molecular flexibility index (Phi) is 5.66. The summed E-state index contributed by atoms with van der Waals surface area (Å²) in [5.74, 6) is 0.453. The molecule has 32 heavy (non-hydrogen) atoms. The van der Waals surface area contributed by atoms with Gasteiger partial charge in [0, 0.05) is 37.5 Å². The zero-order valence-electron chi connectivity index (χ0n) is 17.7. The van der Waals surface area contributed by atoms with Crippen molar-refractivity contribution in [1.29, 1.82) is 0 Å². The van der Waals surface area contributed by atoms with Gasteiger partial charge in [0.1, 0.15) is 0 Å². The second-order valence-corrected chi connectivity index (χ2v) is 8.38. The van der Waals surface area contributed by atoms with Crippen molar-refractivity contribution in [1.82, 2.24) is 14.5 Å². The van der Waals surface area contributed by atoms with E-state index < -0.39 is 0 Å². The van der Waals surface area contributed by atoms with Gasteiger partial charge in [0.2, 0.25) is 5.95 Å². The Hall–Kier alpha value is -3.19. The Bertz CT molecular complexity index is 1300. The standard InChI is InChI=1S/C25H23ClN4O2/c1-32-21-15-29(16-21)14-17-7-10-19(11-8-17)27-25-28-23-12-9-18(26)13-22(23)24(31)30(25)20-5-3-2-4-6-20/h2-13,21H,14-16H2,1H3,(H,27,28). The zero-order chi connectivity index (χ0) is 22.1. The molecule has 4 aromatic rings. The maximum Gasteiger partial charge on any atom is 0.267 e. The van der Waals surface area contributed by atoms with Crippen LogP contribution in [-0.4, -0.2) is 40.8 Å². The van der Waals surface area contributed by atoms with E-state index in [1.54, 1.807) is 29.9 Å². The number of hydrogen-bond donors (Lipinski definition) is 1. The first-order valence-corrected chi connectivity index (χ1v) is 10.9. The van der Waals surface area contributed by atoms with Gasteiger partial charge in [-0.15, -0.1) is 0 Å². The summed E-state index contributed by atoms with van der Waals surface area (Å²) in [7, 11) is 1.76. The smallest absolute Gasteiger partial charge is 0.267 e. The third kappa shape index (κ3) is 4.12. The van der Waals surface area contributed by atoms with Crippen LogP contribution in [0, 0.1) is 0 Å². The SMILES string of the molecule is COC1CN(Cc2ccc(Nc3nc4ccc(Cl)cc4c(=O)n3-c3ccccc3)cc2)C1. The molecule has 5 rings (SSSR count). The van der Waals surface area contributed by atoms with E-state index in [9.17, 15) is 4.79 Å². The number of nitrogens with zero attached hydrogens (tertiary/aromatic N) is 3. The van der Waals surface area contributed by atoms with E-state index >= 15 is 0 Å². The molecule has 0 radical (unpaired) electrons. The average molecular weight is 447 g/mol. The van der Waals surface area contributed by atoms with E-state index in [0.717, 1.165) is 31.0 Å². The van der Waals surface area contributed by atoms with E-state index in [2.05, 4.69) is 22.3 Å². The van der Waals surface area contributed by atoms with Crippen molar-refractivity contribution in [3.63, 3.8) is 0 Å². The van der Waals surface area contributed by atoms with Crippen LogP contribution in [0.25, 0.3) is 16.6 Å². The van der Waals surface area contributed by atoms with Gasteiger partial charge >= 0.3 is 0 Å². The number of anilines is 2. The molecule has 0 atom stereocenters.